The zero-order valence-corrected chi connectivity index (χ0v) is 21.2. The normalized spacial score (nSPS) is 19.2. The predicted molar refractivity (Wildman–Crippen MR) is 123 cm³/mol. The molecular formula is C25H36ClNO6. The number of rotatable bonds is 10. The molecule has 33 heavy (non-hydrogen) atoms. The molecule has 2 atom stereocenters. The molecule has 0 saturated heterocycles. The Kier molecular flexibility index (Phi) is 9.52. The van der Waals surface area contributed by atoms with Crippen molar-refractivity contribution in [1.82, 2.24) is 0 Å². The molecule has 0 fully saturated rings. The maximum atomic E-state index is 9.53. The van der Waals surface area contributed by atoms with Gasteiger partial charge in [-0.25, -0.2) is 0 Å². The molecule has 2 aromatic carbocycles. The third-order valence-electron chi connectivity index (χ3n) is 6.63. The largest absolute Gasteiger partial charge is 1.00 e. The van der Waals surface area contributed by atoms with Crippen molar-refractivity contribution < 1.29 is 45.7 Å². The fourth-order valence-electron chi connectivity index (χ4n) is 4.84. The van der Waals surface area contributed by atoms with Gasteiger partial charge in [-0.1, -0.05) is 0 Å². The Bertz CT molecular complexity index is 912. The quantitative estimate of drug-likeness (QED) is 0.391. The number of benzene rings is 2. The first-order valence-corrected chi connectivity index (χ1v) is 10.9. The molecule has 1 N–H and O–H groups in total. The summed E-state index contributed by atoms with van der Waals surface area (Å²) in [6.07, 6.45) is 2.48. The standard InChI is InChI=1S/C25H36NO6.ClH/c1-26(9-7-11-27)10-8-18-15-21(28-2)22(29-3)16-19(18)20(26)12-17-13-23(30-4)25(32-6)24(14-17)31-5;/h13-16,20,27H,7-12H2,1-6H3;1H/q+1;/p-1/t20-,26-;/m0./s1/i1+1;. The highest BCUT2D eigenvalue weighted by Crippen LogP contribution is 2.44. The first-order chi connectivity index (χ1) is 15.4. The van der Waals surface area contributed by atoms with Crippen molar-refractivity contribution in [2.45, 2.75) is 25.3 Å². The molecule has 0 amide bonds. The van der Waals surface area contributed by atoms with Crippen LogP contribution in [0.1, 0.15) is 29.2 Å². The van der Waals surface area contributed by atoms with Crippen molar-refractivity contribution in [3.05, 3.63) is 41.0 Å². The van der Waals surface area contributed by atoms with Crippen LogP contribution in [0.15, 0.2) is 24.3 Å². The molecule has 1 heterocycles. The van der Waals surface area contributed by atoms with Gasteiger partial charge in [0.2, 0.25) is 5.75 Å². The third kappa shape index (κ3) is 5.42. The van der Waals surface area contributed by atoms with Crippen molar-refractivity contribution in [2.24, 2.45) is 0 Å². The van der Waals surface area contributed by atoms with Crippen LogP contribution in [0.2, 0.25) is 0 Å². The average molecular weight is 483 g/mol. The molecule has 0 bridgehead atoms. The number of nitrogens with zero attached hydrogens (tertiary/aromatic N) is 1. The zero-order chi connectivity index (χ0) is 23.3. The van der Waals surface area contributed by atoms with Gasteiger partial charge in [-0.05, 0) is 35.4 Å². The van der Waals surface area contributed by atoms with Gasteiger partial charge in [0.25, 0.3) is 0 Å². The summed E-state index contributed by atoms with van der Waals surface area (Å²) >= 11 is 0. The minimum absolute atomic E-state index is 0. The van der Waals surface area contributed by atoms with Crippen LogP contribution in [0.25, 0.3) is 0 Å². The Labute approximate surface area is 203 Å². The lowest BCUT2D eigenvalue weighted by Gasteiger charge is -2.46. The van der Waals surface area contributed by atoms with Gasteiger partial charge in [0, 0.05) is 31.4 Å². The van der Waals surface area contributed by atoms with E-state index in [1.165, 1.54) is 11.1 Å². The van der Waals surface area contributed by atoms with E-state index in [-0.39, 0.29) is 25.1 Å². The van der Waals surface area contributed by atoms with Gasteiger partial charge < -0.3 is 45.7 Å². The highest BCUT2D eigenvalue weighted by molar-refractivity contribution is 5.54. The number of hydrogen-bond donors (Lipinski definition) is 1. The van der Waals surface area contributed by atoms with Crippen LogP contribution >= 0.6 is 0 Å². The van der Waals surface area contributed by atoms with Crippen LogP contribution < -0.4 is 36.1 Å². The minimum Gasteiger partial charge on any atom is -1.00 e. The fourth-order valence-corrected chi connectivity index (χ4v) is 4.84. The van der Waals surface area contributed by atoms with E-state index in [4.69, 9.17) is 23.7 Å². The SMILES string of the molecule is COc1cc2c(cc1OC)[C@H](Cc1cc(OC)c(OC)c(OC)c1)[N@@+]([13CH3])(CCCO)CC2.[Cl-]. The van der Waals surface area contributed by atoms with Gasteiger partial charge >= 0.3 is 0 Å². The summed E-state index contributed by atoms with van der Waals surface area (Å²) in [4.78, 5) is 0. The number of halogens is 1. The number of aliphatic hydroxyl groups excluding tert-OH is 1. The lowest BCUT2D eigenvalue weighted by molar-refractivity contribution is -0.941. The molecule has 0 saturated carbocycles. The molecule has 7 nitrogen and oxygen atoms in total. The van der Waals surface area contributed by atoms with Gasteiger partial charge in [-0.15, -0.1) is 0 Å². The fraction of sp³-hybridized carbons (Fsp3) is 0.520. The number of methoxy groups -OCH3 is 5. The molecule has 0 spiro atoms. The van der Waals surface area contributed by atoms with Crippen LogP contribution in [0, 0.1) is 0 Å². The molecule has 1 aliphatic heterocycles. The second-order valence-electron chi connectivity index (χ2n) is 8.41. The van der Waals surface area contributed by atoms with E-state index < -0.39 is 0 Å². The average Bonchev–Trinajstić information content (AvgIpc) is 2.83. The second kappa shape index (κ2) is 11.7. The summed E-state index contributed by atoms with van der Waals surface area (Å²) in [7, 11) is 10.5. The Hall–Kier alpha value is -2.35. The molecule has 8 heteroatoms. The third-order valence-corrected chi connectivity index (χ3v) is 6.63. The molecule has 2 aromatic rings. The Morgan fingerprint density at radius 2 is 1.42 bits per heavy atom. The maximum Gasteiger partial charge on any atom is 0.203 e. The Morgan fingerprint density at radius 1 is 0.848 bits per heavy atom. The summed E-state index contributed by atoms with van der Waals surface area (Å²) in [5, 5.41) is 9.53. The van der Waals surface area contributed by atoms with Crippen LogP contribution in [-0.2, 0) is 12.8 Å². The highest BCUT2D eigenvalue weighted by Gasteiger charge is 2.39. The Balaban J connectivity index is 0.00000385. The van der Waals surface area contributed by atoms with Gasteiger partial charge in [0.15, 0.2) is 23.0 Å². The van der Waals surface area contributed by atoms with Crippen molar-refractivity contribution >= 4 is 0 Å². The number of hydrogen-bond acceptors (Lipinski definition) is 6. The van der Waals surface area contributed by atoms with Gasteiger partial charge in [0.1, 0.15) is 6.04 Å². The van der Waals surface area contributed by atoms with Crippen molar-refractivity contribution in [3.63, 3.8) is 0 Å². The van der Waals surface area contributed by atoms with Crippen LogP contribution in [0.3, 0.4) is 0 Å². The van der Waals surface area contributed by atoms with Crippen molar-refractivity contribution in [3.8, 4) is 28.7 Å². The van der Waals surface area contributed by atoms with Crippen LogP contribution in [0.5, 0.6) is 28.7 Å². The predicted octanol–water partition coefficient (Wildman–Crippen LogP) is 0.403. The number of quaternary nitrogens is 1. The second-order valence-corrected chi connectivity index (χ2v) is 8.41. The topological polar surface area (TPSA) is 66.4 Å². The molecule has 0 radical (unpaired) electrons. The van der Waals surface area contributed by atoms with Gasteiger partial charge in [-0.2, -0.15) is 0 Å². The lowest BCUT2D eigenvalue weighted by atomic mass is 9.86. The summed E-state index contributed by atoms with van der Waals surface area (Å²) in [5.41, 5.74) is 3.63. The van der Waals surface area contributed by atoms with Gasteiger partial charge in [0.05, 0.1) is 55.7 Å². The molecule has 1 aliphatic rings. The lowest BCUT2D eigenvalue weighted by Crippen LogP contribution is -3.00. The van der Waals surface area contributed by atoms with E-state index in [9.17, 15) is 5.11 Å². The molecule has 0 unspecified atom stereocenters. The van der Waals surface area contributed by atoms with E-state index >= 15 is 0 Å². The Morgan fingerprint density at radius 3 is 1.94 bits per heavy atom. The van der Waals surface area contributed by atoms with Crippen LogP contribution in [-0.4, -0.2) is 71.9 Å². The molecule has 3 rings (SSSR count). The zero-order valence-electron chi connectivity index (χ0n) is 20.4. The van der Waals surface area contributed by atoms with Crippen molar-refractivity contribution in [2.75, 3.05) is 62.3 Å². The first kappa shape index (κ1) is 26.9. The number of likely N-dealkylation sites (N-methyl/N-ethyl adjacent to an activating group) is 1. The van der Waals surface area contributed by atoms with Crippen molar-refractivity contribution in [1.29, 1.82) is 0 Å². The van der Waals surface area contributed by atoms with E-state index in [1.807, 2.05) is 12.1 Å². The smallest absolute Gasteiger partial charge is 0.203 e. The maximum absolute atomic E-state index is 9.53. The molecule has 0 aliphatic carbocycles. The summed E-state index contributed by atoms with van der Waals surface area (Å²) < 4.78 is 28.7. The number of fused-ring (bicyclic) bond motifs is 1. The van der Waals surface area contributed by atoms with E-state index in [0.29, 0.717) is 17.2 Å². The summed E-state index contributed by atoms with van der Waals surface area (Å²) in [6.45, 7) is 2.06. The first-order valence-electron chi connectivity index (χ1n) is 10.9. The van der Waals surface area contributed by atoms with E-state index in [2.05, 4.69) is 19.2 Å². The summed E-state index contributed by atoms with van der Waals surface area (Å²) in [6, 6.07) is 8.43. The highest BCUT2D eigenvalue weighted by atomic mass is 35.5. The minimum atomic E-state index is 0. The van der Waals surface area contributed by atoms with E-state index in [0.717, 1.165) is 53.9 Å². The monoisotopic (exact) mass is 482 g/mol. The summed E-state index contributed by atoms with van der Waals surface area (Å²) in [5.74, 6) is 3.37. The molecule has 0 aromatic heterocycles. The number of ether oxygens (including phenoxy) is 5. The molecule has 184 valence electrons. The van der Waals surface area contributed by atoms with Gasteiger partial charge in [-0.3, -0.25) is 0 Å². The van der Waals surface area contributed by atoms with E-state index in [1.54, 1.807) is 35.5 Å². The van der Waals surface area contributed by atoms with Crippen LogP contribution in [0.4, 0.5) is 0 Å². The molecular weight excluding hydrogens is 447 g/mol. The number of aliphatic hydroxyl groups is 1.